The number of nitrogens with zero attached hydrogens (tertiary/aromatic N) is 1. The van der Waals surface area contributed by atoms with E-state index in [4.69, 9.17) is 9.47 Å². The molecule has 5 heteroatoms. The average molecular weight is 324 g/mol. The van der Waals surface area contributed by atoms with Crippen LogP contribution in [-0.2, 0) is 6.54 Å². The summed E-state index contributed by atoms with van der Waals surface area (Å²) in [4.78, 5) is 4.66. The van der Waals surface area contributed by atoms with E-state index >= 15 is 0 Å². The molecule has 0 atom stereocenters. The van der Waals surface area contributed by atoms with Crippen molar-refractivity contribution in [2.45, 2.75) is 6.54 Å². The summed E-state index contributed by atoms with van der Waals surface area (Å²) in [6.45, 7) is 1.98. The zero-order chi connectivity index (χ0) is 15.5. The van der Waals surface area contributed by atoms with Crippen LogP contribution in [0.1, 0.15) is 5.56 Å². The van der Waals surface area contributed by atoms with Crippen LogP contribution in [0.25, 0.3) is 11.3 Å². The van der Waals surface area contributed by atoms with Gasteiger partial charge in [-0.3, -0.25) is 0 Å². The van der Waals surface area contributed by atoms with E-state index < -0.39 is 0 Å². The summed E-state index contributed by atoms with van der Waals surface area (Å²) in [5, 5.41) is 6.33. The van der Waals surface area contributed by atoms with E-state index in [0.717, 1.165) is 34.4 Å². The Hall–Kier alpha value is -2.53. The molecule has 0 bridgehead atoms. The Kier molecular flexibility index (Phi) is 3.86. The molecule has 0 unspecified atom stereocenters. The van der Waals surface area contributed by atoms with Gasteiger partial charge in [0.2, 0.25) is 0 Å². The van der Waals surface area contributed by atoms with Gasteiger partial charge in [-0.1, -0.05) is 30.3 Å². The number of aromatic nitrogens is 1. The number of thiazole rings is 1. The number of fused-ring (bicyclic) bond motifs is 1. The molecule has 4 nitrogen and oxygen atoms in total. The van der Waals surface area contributed by atoms with Gasteiger partial charge in [0.15, 0.2) is 16.6 Å². The second-order valence-corrected chi connectivity index (χ2v) is 6.09. The molecule has 4 rings (SSSR count). The molecule has 0 amide bonds. The fourth-order valence-electron chi connectivity index (χ4n) is 2.46. The van der Waals surface area contributed by atoms with Crippen molar-refractivity contribution in [2.75, 3.05) is 18.5 Å². The minimum absolute atomic E-state index is 0.595. The number of hydrogen-bond acceptors (Lipinski definition) is 5. The lowest BCUT2D eigenvalue weighted by Crippen LogP contribution is -2.15. The highest BCUT2D eigenvalue weighted by molar-refractivity contribution is 7.14. The lowest BCUT2D eigenvalue weighted by molar-refractivity contribution is 0.171. The summed E-state index contributed by atoms with van der Waals surface area (Å²) >= 11 is 1.61. The predicted octanol–water partition coefficient (Wildman–Crippen LogP) is 4.19. The number of nitrogens with one attached hydrogen (secondary N) is 1. The molecule has 0 spiro atoms. The molecule has 1 aromatic heterocycles. The van der Waals surface area contributed by atoms with E-state index in [2.05, 4.69) is 27.8 Å². The van der Waals surface area contributed by atoms with Crippen LogP contribution in [0.15, 0.2) is 53.9 Å². The second kappa shape index (κ2) is 6.30. The molecule has 1 aliphatic rings. The molecule has 3 aromatic rings. The van der Waals surface area contributed by atoms with Gasteiger partial charge in [0.1, 0.15) is 13.2 Å². The van der Waals surface area contributed by atoms with E-state index in [1.54, 1.807) is 11.3 Å². The van der Waals surface area contributed by atoms with Crippen LogP contribution < -0.4 is 14.8 Å². The van der Waals surface area contributed by atoms with Crippen LogP contribution >= 0.6 is 11.3 Å². The summed E-state index contributed by atoms with van der Waals surface area (Å²) in [5.74, 6) is 1.60. The molecule has 23 heavy (non-hydrogen) atoms. The van der Waals surface area contributed by atoms with Crippen molar-refractivity contribution in [3.05, 3.63) is 59.5 Å². The van der Waals surface area contributed by atoms with Gasteiger partial charge in [-0.05, 0) is 23.8 Å². The van der Waals surface area contributed by atoms with Crippen molar-refractivity contribution < 1.29 is 9.47 Å². The van der Waals surface area contributed by atoms with Crippen molar-refractivity contribution >= 4 is 16.5 Å². The van der Waals surface area contributed by atoms with Crippen molar-refractivity contribution in [3.8, 4) is 22.8 Å². The third-order valence-electron chi connectivity index (χ3n) is 3.63. The number of ether oxygens (including phenoxy) is 2. The summed E-state index contributed by atoms with van der Waals surface area (Å²) in [6.07, 6.45) is 0. The largest absolute Gasteiger partial charge is 0.486 e. The molecule has 0 saturated carbocycles. The standard InChI is InChI=1S/C18H16N2O2S/c1-2-4-13(5-3-1)11-19-18-20-15(12-23-18)14-6-7-16-17(10-14)22-9-8-21-16/h1-7,10,12H,8-9,11H2,(H,19,20). The molecule has 0 radical (unpaired) electrons. The van der Waals surface area contributed by atoms with Crippen LogP contribution in [0.2, 0.25) is 0 Å². The summed E-state index contributed by atoms with van der Waals surface area (Å²) in [5.41, 5.74) is 3.23. The highest BCUT2D eigenvalue weighted by Gasteiger charge is 2.13. The predicted molar refractivity (Wildman–Crippen MR) is 92.3 cm³/mol. The molecular formula is C18H16N2O2S. The van der Waals surface area contributed by atoms with Crippen molar-refractivity contribution in [3.63, 3.8) is 0 Å². The first-order valence-corrected chi connectivity index (χ1v) is 8.40. The summed E-state index contributed by atoms with van der Waals surface area (Å²) in [7, 11) is 0. The Morgan fingerprint density at radius 2 is 1.83 bits per heavy atom. The van der Waals surface area contributed by atoms with Gasteiger partial charge in [0.25, 0.3) is 0 Å². The number of hydrogen-bond donors (Lipinski definition) is 1. The molecule has 0 aliphatic carbocycles. The van der Waals surface area contributed by atoms with E-state index in [9.17, 15) is 0 Å². The Bertz CT molecular complexity index is 802. The van der Waals surface area contributed by atoms with Crippen LogP contribution in [0, 0.1) is 0 Å². The monoisotopic (exact) mass is 324 g/mol. The lowest BCUT2D eigenvalue weighted by atomic mass is 10.1. The van der Waals surface area contributed by atoms with Gasteiger partial charge in [-0.2, -0.15) is 0 Å². The molecule has 2 aromatic carbocycles. The quantitative estimate of drug-likeness (QED) is 0.781. The van der Waals surface area contributed by atoms with Crippen molar-refractivity contribution in [2.24, 2.45) is 0 Å². The first kappa shape index (κ1) is 14.1. The number of anilines is 1. The SMILES string of the molecule is c1ccc(CNc2nc(-c3ccc4c(c3)OCCO4)cs2)cc1. The summed E-state index contributed by atoms with van der Waals surface area (Å²) in [6, 6.07) is 16.3. The van der Waals surface area contributed by atoms with Crippen molar-refractivity contribution in [1.82, 2.24) is 4.98 Å². The Balaban J connectivity index is 1.49. The van der Waals surface area contributed by atoms with Gasteiger partial charge >= 0.3 is 0 Å². The number of rotatable bonds is 4. The third-order valence-corrected chi connectivity index (χ3v) is 4.43. The lowest BCUT2D eigenvalue weighted by Gasteiger charge is -2.18. The van der Waals surface area contributed by atoms with E-state index in [0.29, 0.717) is 13.2 Å². The maximum absolute atomic E-state index is 5.63. The van der Waals surface area contributed by atoms with Crippen molar-refractivity contribution in [1.29, 1.82) is 0 Å². The number of benzene rings is 2. The average Bonchev–Trinajstić information content (AvgIpc) is 3.09. The minimum atomic E-state index is 0.595. The second-order valence-electron chi connectivity index (χ2n) is 5.24. The van der Waals surface area contributed by atoms with Gasteiger partial charge < -0.3 is 14.8 Å². The highest BCUT2D eigenvalue weighted by atomic mass is 32.1. The zero-order valence-corrected chi connectivity index (χ0v) is 13.3. The first-order chi connectivity index (χ1) is 11.4. The Morgan fingerprint density at radius 1 is 1.00 bits per heavy atom. The molecule has 0 fully saturated rings. The maximum Gasteiger partial charge on any atom is 0.183 e. The first-order valence-electron chi connectivity index (χ1n) is 7.52. The zero-order valence-electron chi connectivity index (χ0n) is 12.5. The summed E-state index contributed by atoms with van der Waals surface area (Å²) < 4.78 is 11.2. The molecule has 1 aliphatic heterocycles. The molecule has 0 saturated heterocycles. The molecule has 2 heterocycles. The van der Waals surface area contributed by atoms with E-state index in [1.807, 2.05) is 36.4 Å². The smallest absolute Gasteiger partial charge is 0.183 e. The third kappa shape index (κ3) is 3.14. The molecule has 1 N–H and O–H groups in total. The van der Waals surface area contributed by atoms with Gasteiger partial charge in [-0.25, -0.2) is 4.98 Å². The molecule has 116 valence electrons. The van der Waals surface area contributed by atoms with Gasteiger partial charge in [-0.15, -0.1) is 11.3 Å². The minimum Gasteiger partial charge on any atom is -0.486 e. The van der Waals surface area contributed by atoms with E-state index in [1.165, 1.54) is 5.56 Å². The normalized spacial score (nSPS) is 12.9. The fourth-order valence-corrected chi connectivity index (χ4v) is 3.18. The van der Waals surface area contributed by atoms with Crippen LogP contribution in [0.4, 0.5) is 5.13 Å². The van der Waals surface area contributed by atoms with Crippen LogP contribution in [0.3, 0.4) is 0 Å². The van der Waals surface area contributed by atoms with Gasteiger partial charge in [0.05, 0.1) is 5.69 Å². The van der Waals surface area contributed by atoms with Crippen LogP contribution in [0.5, 0.6) is 11.5 Å². The Labute approximate surface area is 138 Å². The van der Waals surface area contributed by atoms with Crippen LogP contribution in [-0.4, -0.2) is 18.2 Å². The van der Waals surface area contributed by atoms with E-state index in [-0.39, 0.29) is 0 Å². The topological polar surface area (TPSA) is 43.4 Å². The van der Waals surface area contributed by atoms with Gasteiger partial charge in [0, 0.05) is 17.5 Å². The maximum atomic E-state index is 5.63. The molecular weight excluding hydrogens is 308 g/mol. The highest BCUT2D eigenvalue weighted by Crippen LogP contribution is 2.35. The fraction of sp³-hybridized carbons (Fsp3) is 0.167. The Morgan fingerprint density at radius 3 is 2.70 bits per heavy atom.